The summed E-state index contributed by atoms with van der Waals surface area (Å²) in [7, 11) is -3.95. The number of imidazole rings is 1. The van der Waals surface area contributed by atoms with Gasteiger partial charge in [0.15, 0.2) is 0 Å². The SMILES string of the molecule is CC(C)(F)CNS(=O)(=O)c1cc2c(c3cnc(C4CC4)cc13)CCCC2n1cncc1N. The Labute approximate surface area is 187 Å². The lowest BCUT2D eigenvalue weighted by Gasteiger charge is -2.29. The van der Waals surface area contributed by atoms with Gasteiger partial charge in [0.2, 0.25) is 10.0 Å². The first-order valence-corrected chi connectivity index (χ1v) is 12.5. The van der Waals surface area contributed by atoms with Crippen molar-refractivity contribution in [3.8, 4) is 0 Å². The van der Waals surface area contributed by atoms with E-state index in [1.807, 2.05) is 16.8 Å². The number of fused-ring (bicyclic) bond motifs is 3. The fourth-order valence-electron chi connectivity index (χ4n) is 4.61. The maximum atomic E-state index is 14.1. The van der Waals surface area contributed by atoms with Gasteiger partial charge in [-0.1, -0.05) is 0 Å². The monoisotopic (exact) mass is 457 g/mol. The molecule has 1 saturated carbocycles. The van der Waals surface area contributed by atoms with Gasteiger partial charge in [-0.2, -0.15) is 0 Å². The minimum Gasteiger partial charge on any atom is -0.384 e. The molecule has 0 spiro atoms. The first-order chi connectivity index (χ1) is 15.1. The van der Waals surface area contributed by atoms with Crippen molar-refractivity contribution in [1.82, 2.24) is 19.3 Å². The third-order valence-corrected chi connectivity index (χ3v) is 7.85. The van der Waals surface area contributed by atoms with Crippen molar-refractivity contribution >= 4 is 26.6 Å². The minimum absolute atomic E-state index is 0.111. The second-order valence-electron chi connectivity index (χ2n) is 9.55. The molecule has 3 N–H and O–H groups in total. The molecule has 2 aromatic heterocycles. The number of sulfonamides is 1. The zero-order valence-electron chi connectivity index (χ0n) is 18.3. The number of nitrogens with two attached hydrogens (primary N) is 1. The number of nitrogens with zero attached hydrogens (tertiary/aromatic N) is 3. The molecule has 0 bridgehead atoms. The van der Waals surface area contributed by atoms with Gasteiger partial charge in [-0.3, -0.25) is 4.98 Å². The van der Waals surface area contributed by atoms with E-state index in [-0.39, 0.29) is 17.5 Å². The molecule has 170 valence electrons. The predicted octanol–water partition coefficient (Wildman–Crippen LogP) is 3.84. The van der Waals surface area contributed by atoms with Crippen molar-refractivity contribution < 1.29 is 12.8 Å². The quantitative estimate of drug-likeness (QED) is 0.585. The first-order valence-electron chi connectivity index (χ1n) is 11.1. The van der Waals surface area contributed by atoms with E-state index in [4.69, 9.17) is 5.73 Å². The van der Waals surface area contributed by atoms with Crippen LogP contribution in [0.5, 0.6) is 0 Å². The van der Waals surface area contributed by atoms with Crippen LogP contribution < -0.4 is 10.5 Å². The van der Waals surface area contributed by atoms with E-state index < -0.39 is 15.7 Å². The summed E-state index contributed by atoms with van der Waals surface area (Å²) in [4.78, 5) is 8.99. The molecule has 7 nitrogen and oxygen atoms in total. The summed E-state index contributed by atoms with van der Waals surface area (Å²) in [6, 6.07) is 3.56. The number of aromatic nitrogens is 3. The summed E-state index contributed by atoms with van der Waals surface area (Å²) < 4.78 is 45.3. The van der Waals surface area contributed by atoms with Crippen molar-refractivity contribution in [3.05, 3.63) is 47.7 Å². The molecule has 0 aliphatic heterocycles. The Morgan fingerprint density at radius 2 is 2.00 bits per heavy atom. The number of alkyl halides is 1. The first kappa shape index (κ1) is 21.3. The predicted molar refractivity (Wildman–Crippen MR) is 122 cm³/mol. The maximum absolute atomic E-state index is 14.1. The number of anilines is 1. The van der Waals surface area contributed by atoms with Gasteiger partial charge in [-0.05, 0) is 69.2 Å². The number of rotatable bonds is 6. The fourth-order valence-corrected chi connectivity index (χ4v) is 6.04. The molecule has 1 aromatic carbocycles. The topological polar surface area (TPSA) is 103 Å². The van der Waals surface area contributed by atoms with Crippen LogP contribution in [-0.2, 0) is 16.4 Å². The summed E-state index contributed by atoms with van der Waals surface area (Å²) in [6.07, 6.45) is 9.87. The molecule has 0 saturated heterocycles. The Balaban J connectivity index is 1.72. The van der Waals surface area contributed by atoms with E-state index in [1.165, 1.54) is 13.8 Å². The Hall–Kier alpha value is -2.52. The van der Waals surface area contributed by atoms with E-state index in [1.54, 1.807) is 18.6 Å². The van der Waals surface area contributed by atoms with Crippen molar-refractivity contribution in [3.63, 3.8) is 0 Å². The van der Waals surface area contributed by atoms with E-state index in [9.17, 15) is 12.8 Å². The zero-order valence-corrected chi connectivity index (χ0v) is 19.1. The van der Waals surface area contributed by atoms with Crippen LogP contribution in [0, 0.1) is 0 Å². The number of nitrogen functional groups attached to an aromatic ring is 1. The van der Waals surface area contributed by atoms with E-state index >= 15 is 0 Å². The van der Waals surface area contributed by atoms with Gasteiger partial charge in [0.05, 0.1) is 23.5 Å². The highest BCUT2D eigenvalue weighted by Gasteiger charge is 2.32. The number of pyridine rings is 1. The highest BCUT2D eigenvalue weighted by molar-refractivity contribution is 7.89. The third-order valence-electron chi connectivity index (χ3n) is 6.41. The van der Waals surface area contributed by atoms with E-state index in [2.05, 4.69) is 14.7 Å². The number of benzene rings is 1. The van der Waals surface area contributed by atoms with Gasteiger partial charge in [0, 0.05) is 35.1 Å². The fraction of sp³-hybridized carbons (Fsp3) is 0.478. The van der Waals surface area contributed by atoms with Gasteiger partial charge in [-0.25, -0.2) is 22.5 Å². The normalized spacial score (nSPS) is 19.3. The van der Waals surface area contributed by atoms with E-state index in [0.717, 1.165) is 54.3 Å². The number of aryl methyl sites for hydroxylation is 1. The molecule has 1 unspecified atom stereocenters. The lowest BCUT2D eigenvalue weighted by molar-refractivity contribution is 0.221. The largest absolute Gasteiger partial charge is 0.384 e. The lowest BCUT2D eigenvalue weighted by Crippen LogP contribution is -2.35. The average Bonchev–Trinajstić information content (AvgIpc) is 3.51. The van der Waals surface area contributed by atoms with Crippen LogP contribution in [-0.4, -0.2) is 35.2 Å². The Kier molecular flexibility index (Phi) is 5.01. The summed E-state index contributed by atoms with van der Waals surface area (Å²) >= 11 is 0. The molecule has 5 rings (SSSR count). The van der Waals surface area contributed by atoms with Gasteiger partial charge < -0.3 is 10.3 Å². The zero-order chi connectivity index (χ0) is 22.7. The van der Waals surface area contributed by atoms with Crippen LogP contribution in [0.4, 0.5) is 10.2 Å². The minimum atomic E-state index is -3.95. The molecule has 1 fully saturated rings. The average molecular weight is 458 g/mol. The molecule has 2 aliphatic carbocycles. The second kappa shape index (κ2) is 7.52. The van der Waals surface area contributed by atoms with Gasteiger partial charge >= 0.3 is 0 Å². The Morgan fingerprint density at radius 3 is 2.66 bits per heavy atom. The van der Waals surface area contributed by atoms with Crippen LogP contribution in [0.1, 0.15) is 68.3 Å². The molecule has 3 aromatic rings. The standard InChI is InChI=1S/C23H28FN5O2S/c1-23(2,24)12-28-32(30,31)21-9-16-15(4-3-5-20(16)29-13-26-11-22(29)25)18-10-27-19(8-17(18)21)14-6-7-14/h8-11,13-14,20,28H,3-7,12,25H2,1-2H3. The lowest BCUT2D eigenvalue weighted by atomic mass is 9.84. The number of halogens is 1. The highest BCUT2D eigenvalue weighted by Crippen LogP contribution is 2.43. The van der Waals surface area contributed by atoms with Crippen molar-refractivity contribution in [1.29, 1.82) is 0 Å². The maximum Gasteiger partial charge on any atom is 0.241 e. The molecule has 9 heteroatoms. The van der Waals surface area contributed by atoms with Crippen molar-refractivity contribution in [2.45, 2.75) is 68.5 Å². The van der Waals surface area contributed by atoms with Crippen LogP contribution in [0.25, 0.3) is 10.8 Å². The van der Waals surface area contributed by atoms with Gasteiger partial charge in [-0.15, -0.1) is 0 Å². The third kappa shape index (κ3) is 3.88. The summed E-state index contributed by atoms with van der Waals surface area (Å²) in [5.41, 5.74) is 7.41. The van der Waals surface area contributed by atoms with Crippen LogP contribution >= 0.6 is 0 Å². The number of nitrogens with one attached hydrogen (secondary N) is 1. The summed E-state index contributed by atoms with van der Waals surface area (Å²) in [6.45, 7) is 2.41. The summed E-state index contributed by atoms with van der Waals surface area (Å²) in [5, 5.41) is 1.50. The molecule has 2 heterocycles. The second-order valence-corrected chi connectivity index (χ2v) is 11.3. The molecule has 32 heavy (non-hydrogen) atoms. The molecular formula is C23H28FN5O2S. The molecular weight excluding hydrogens is 429 g/mol. The molecule has 0 radical (unpaired) electrons. The van der Waals surface area contributed by atoms with E-state index in [0.29, 0.717) is 17.1 Å². The Bertz CT molecular complexity index is 1290. The highest BCUT2D eigenvalue weighted by atomic mass is 32.2. The van der Waals surface area contributed by atoms with Crippen molar-refractivity contribution in [2.75, 3.05) is 12.3 Å². The molecule has 2 aliphatic rings. The van der Waals surface area contributed by atoms with Crippen LogP contribution in [0.15, 0.2) is 35.7 Å². The Morgan fingerprint density at radius 1 is 1.22 bits per heavy atom. The summed E-state index contributed by atoms with van der Waals surface area (Å²) in [5.74, 6) is 0.925. The van der Waals surface area contributed by atoms with Crippen molar-refractivity contribution in [2.24, 2.45) is 0 Å². The molecule has 1 atom stereocenters. The molecule has 0 amide bonds. The smallest absolute Gasteiger partial charge is 0.241 e. The van der Waals surface area contributed by atoms with Gasteiger partial charge in [0.25, 0.3) is 0 Å². The number of hydrogen-bond acceptors (Lipinski definition) is 5. The van der Waals surface area contributed by atoms with Crippen LogP contribution in [0.2, 0.25) is 0 Å². The number of hydrogen-bond donors (Lipinski definition) is 2. The van der Waals surface area contributed by atoms with Gasteiger partial charge in [0.1, 0.15) is 11.5 Å². The van der Waals surface area contributed by atoms with Crippen LogP contribution in [0.3, 0.4) is 0 Å².